The van der Waals surface area contributed by atoms with Gasteiger partial charge in [-0.15, -0.1) is 0 Å². The Balaban J connectivity index is 1.68. The minimum absolute atomic E-state index is 0.158. The number of rotatable bonds is 4. The number of fused-ring (bicyclic) bond motifs is 1. The maximum absolute atomic E-state index is 6.44. The highest BCUT2D eigenvalue weighted by atomic mass is 16.5. The summed E-state index contributed by atoms with van der Waals surface area (Å²) < 4.78 is 11.9. The summed E-state index contributed by atoms with van der Waals surface area (Å²) in [5.41, 5.74) is 3.64. The highest BCUT2D eigenvalue weighted by Gasteiger charge is 2.36. The quantitative estimate of drug-likeness (QED) is 0.821. The smallest absolute Gasteiger partial charge is 0.126 e. The molecule has 2 aliphatic rings. The molecule has 2 aliphatic heterocycles. The van der Waals surface area contributed by atoms with E-state index in [1.165, 1.54) is 23.1 Å². The van der Waals surface area contributed by atoms with Gasteiger partial charge in [-0.3, -0.25) is 5.84 Å². The van der Waals surface area contributed by atoms with Crippen LogP contribution in [0.15, 0.2) is 42.5 Å². The molecule has 0 bridgehead atoms. The van der Waals surface area contributed by atoms with E-state index in [1.807, 2.05) is 5.01 Å². The van der Waals surface area contributed by atoms with Gasteiger partial charge in [0, 0.05) is 18.5 Å². The lowest BCUT2D eigenvalue weighted by atomic mass is 9.81. The van der Waals surface area contributed by atoms with E-state index >= 15 is 0 Å². The van der Waals surface area contributed by atoms with E-state index in [4.69, 9.17) is 15.3 Å². The number of nitrogens with zero attached hydrogens (tertiary/aromatic N) is 1. The van der Waals surface area contributed by atoms with Gasteiger partial charge in [-0.05, 0) is 62.3 Å². The zero-order valence-corrected chi connectivity index (χ0v) is 16.6. The van der Waals surface area contributed by atoms with E-state index in [0.29, 0.717) is 5.92 Å². The lowest BCUT2D eigenvalue weighted by molar-refractivity contribution is 0.0909. The van der Waals surface area contributed by atoms with Gasteiger partial charge in [0.05, 0.1) is 13.2 Å². The van der Waals surface area contributed by atoms with Crippen molar-refractivity contribution in [2.45, 2.75) is 51.2 Å². The van der Waals surface area contributed by atoms with Crippen LogP contribution in [0.5, 0.6) is 11.5 Å². The molecule has 144 valence electrons. The van der Waals surface area contributed by atoms with Gasteiger partial charge in [0.2, 0.25) is 0 Å². The SMILES string of the molecule is COc1cc(C[C@@H]2CCCN(N)[C@@H]2c2ccccc2)c2c(c1)CC(C)(C)O2. The Hall–Kier alpha value is -2.04. The predicted octanol–water partition coefficient (Wildman–Crippen LogP) is 4.28. The Bertz CT molecular complexity index is 804. The monoisotopic (exact) mass is 366 g/mol. The number of methoxy groups -OCH3 is 1. The summed E-state index contributed by atoms with van der Waals surface area (Å²) in [5.74, 6) is 8.87. The lowest BCUT2D eigenvalue weighted by Crippen LogP contribution is -2.44. The van der Waals surface area contributed by atoms with E-state index in [2.05, 4.69) is 56.3 Å². The molecular weight excluding hydrogens is 336 g/mol. The Kier molecular flexibility index (Phi) is 4.87. The third-order valence-electron chi connectivity index (χ3n) is 5.86. The summed E-state index contributed by atoms with van der Waals surface area (Å²) >= 11 is 0. The number of piperidine rings is 1. The highest BCUT2D eigenvalue weighted by Crippen LogP contribution is 2.44. The molecule has 2 N–H and O–H groups in total. The molecule has 4 nitrogen and oxygen atoms in total. The fourth-order valence-corrected chi connectivity index (χ4v) is 4.74. The second kappa shape index (κ2) is 7.17. The molecular formula is C23H30N2O2. The van der Waals surface area contributed by atoms with Crippen molar-refractivity contribution in [1.82, 2.24) is 5.01 Å². The van der Waals surface area contributed by atoms with Crippen LogP contribution in [0.1, 0.15) is 49.4 Å². The molecule has 0 radical (unpaired) electrons. The van der Waals surface area contributed by atoms with E-state index in [9.17, 15) is 0 Å². The van der Waals surface area contributed by atoms with Gasteiger partial charge in [-0.1, -0.05) is 30.3 Å². The van der Waals surface area contributed by atoms with Crippen molar-refractivity contribution >= 4 is 0 Å². The molecule has 2 atom stereocenters. The van der Waals surface area contributed by atoms with E-state index in [-0.39, 0.29) is 11.6 Å². The predicted molar refractivity (Wildman–Crippen MR) is 108 cm³/mol. The van der Waals surface area contributed by atoms with Crippen molar-refractivity contribution in [3.05, 3.63) is 59.2 Å². The summed E-state index contributed by atoms with van der Waals surface area (Å²) in [6.07, 6.45) is 4.16. The third-order valence-corrected chi connectivity index (χ3v) is 5.86. The van der Waals surface area contributed by atoms with Crippen molar-refractivity contribution in [2.24, 2.45) is 11.8 Å². The van der Waals surface area contributed by atoms with Crippen LogP contribution >= 0.6 is 0 Å². The van der Waals surface area contributed by atoms with Crippen LogP contribution in [0.2, 0.25) is 0 Å². The van der Waals surface area contributed by atoms with Crippen LogP contribution < -0.4 is 15.3 Å². The molecule has 2 aromatic carbocycles. The number of hydrogen-bond donors (Lipinski definition) is 1. The summed E-state index contributed by atoms with van der Waals surface area (Å²) in [4.78, 5) is 0. The van der Waals surface area contributed by atoms with Crippen molar-refractivity contribution in [3.63, 3.8) is 0 Å². The van der Waals surface area contributed by atoms with Crippen molar-refractivity contribution < 1.29 is 9.47 Å². The van der Waals surface area contributed by atoms with Crippen LogP contribution in [-0.2, 0) is 12.8 Å². The molecule has 27 heavy (non-hydrogen) atoms. The maximum atomic E-state index is 6.44. The fraction of sp³-hybridized carbons (Fsp3) is 0.478. The van der Waals surface area contributed by atoms with Gasteiger partial charge in [0.1, 0.15) is 17.1 Å². The molecule has 2 heterocycles. The first kappa shape index (κ1) is 18.3. The summed E-state index contributed by atoms with van der Waals surface area (Å²) in [5, 5.41) is 2.02. The Labute approximate surface area is 162 Å². The molecule has 0 amide bonds. The van der Waals surface area contributed by atoms with Gasteiger partial charge in [0.25, 0.3) is 0 Å². The first-order valence-electron chi connectivity index (χ1n) is 9.92. The van der Waals surface area contributed by atoms with Crippen LogP contribution in [0, 0.1) is 5.92 Å². The largest absolute Gasteiger partial charge is 0.497 e. The fourth-order valence-electron chi connectivity index (χ4n) is 4.74. The van der Waals surface area contributed by atoms with E-state index in [0.717, 1.165) is 37.3 Å². The summed E-state index contributed by atoms with van der Waals surface area (Å²) in [7, 11) is 1.74. The minimum atomic E-state index is -0.158. The first-order valence-corrected chi connectivity index (χ1v) is 9.92. The number of ether oxygens (including phenoxy) is 2. The van der Waals surface area contributed by atoms with Gasteiger partial charge in [-0.2, -0.15) is 0 Å². The average molecular weight is 367 g/mol. The van der Waals surface area contributed by atoms with Crippen LogP contribution in [0.4, 0.5) is 0 Å². The van der Waals surface area contributed by atoms with Crippen molar-refractivity contribution in [1.29, 1.82) is 0 Å². The normalized spacial score (nSPS) is 24.3. The van der Waals surface area contributed by atoms with Crippen LogP contribution in [0.3, 0.4) is 0 Å². The number of hydrogen-bond acceptors (Lipinski definition) is 4. The van der Waals surface area contributed by atoms with Gasteiger partial charge in [0.15, 0.2) is 0 Å². The summed E-state index contributed by atoms with van der Waals surface area (Å²) in [6, 6.07) is 15.2. The number of hydrazine groups is 1. The molecule has 1 fully saturated rings. The highest BCUT2D eigenvalue weighted by molar-refractivity contribution is 5.51. The molecule has 4 heteroatoms. The summed E-state index contributed by atoms with van der Waals surface area (Å²) in [6.45, 7) is 5.24. The molecule has 4 rings (SSSR count). The number of nitrogens with two attached hydrogens (primary N) is 1. The molecule has 0 aliphatic carbocycles. The van der Waals surface area contributed by atoms with Gasteiger partial charge in [-0.25, -0.2) is 5.01 Å². The zero-order chi connectivity index (χ0) is 19.0. The maximum Gasteiger partial charge on any atom is 0.126 e. The Morgan fingerprint density at radius 3 is 2.74 bits per heavy atom. The molecule has 0 spiro atoms. The topological polar surface area (TPSA) is 47.7 Å². The molecule has 0 unspecified atom stereocenters. The molecule has 0 saturated carbocycles. The van der Waals surface area contributed by atoms with Gasteiger partial charge < -0.3 is 9.47 Å². The second-order valence-corrected chi connectivity index (χ2v) is 8.51. The van der Waals surface area contributed by atoms with Crippen LogP contribution in [0.25, 0.3) is 0 Å². The minimum Gasteiger partial charge on any atom is -0.497 e. The van der Waals surface area contributed by atoms with Gasteiger partial charge >= 0.3 is 0 Å². The van der Waals surface area contributed by atoms with E-state index < -0.39 is 0 Å². The van der Waals surface area contributed by atoms with E-state index in [1.54, 1.807) is 7.11 Å². The zero-order valence-electron chi connectivity index (χ0n) is 16.6. The lowest BCUT2D eigenvalue weighted by Gasteiger charge is -2.39. The average Bonchev–Trinajstić information content (AvgIpc) is 2.96. The first-order chi connectivity index (χ1) is 13.0. The number of benzene rings is 2. The Morgan fingerprint density at radius 2 is 2.00 bits per heavy atom. The Morgan fingerprint density at radius 1 is 1.22 bits per heavy atom. The van der Waals surface area contributed by atoms with Crippen molar-refractivity contribution in [2.75, 3.05) is 13.7 Å². The molecule has 1 saturated heterocycles. The molecule has 2 aromatic rings. The third kappa shape index (κ3) is 3.69. The second-order valence-electron chi connectivity index (χ2n) is 8.51. The van der Waals surface area contributed by atoms with Crippen LogP contribution in [-0.4, -0.2) is 24.3 Å². The standard InChI is InChI=1S/C23H30N2O2/c1-23(2)15-19-14-20(26-3)13-18(22(19)27-23)12-17-10-7-11-25(24)21(17)16-8-5-4-6-9-16/h4-6,8-9,13-14,17,21H,7,10-12,15,24H2,1-3H3/t17-,21+/m0/s1. The molecule has 0 aromatic heterocycles. The van der Waals surface area contributed by atoms with Crippen molar-refractivity contribution in [3.8, 4) is 11.5 Å².